The van der Waals surface area contributed by atoms with Crippen molar-refractivity contribution in [2.75, 3.05) is 0 Å². The molecule has 3 heterocycles. The van der Waals surface area contributed by atoms with Crippen molar-refractivity contribution in [3.8, 4) is 11.4 Å². The molecular weight excluding hydrogens is 259 g/mol. The Hall–Kier alpha value is -0.934. The van der Waals surface area contributed by atoms with Gasteiger partial charge in [0.05, 0.1) is 9.68 Å². The topological polar surface area (TPSA) is 87.1 Å². The van der Waals surface area contributed by atoms with Crippen LogP contribution in [0.25, 0.3) is 17.0 Å². The molecule has 0 radical (unpaired) electrons. The number of rotatable bonds is 1. The van der Waals surface area contributed by atoms with Crippen LogP contribution in [0.2, 0.25) is 0 Å². The standard InChI is InChI=1S/C10H7N6O.K/c1-6-3-2-4-16-9(6)11-5-7(10(16)17)8-12-14-15-13-8;/h2-5H,1H3;/q-1;+1/i1D3,3D,4D,5D;. The zero-order valence-corrected chi connectivity index (χ0v) is 12.3. The number of hydrogen-bond acceptors (Lipinski definition) is 5. The summed E-state index contributed by atoms with van der Waals surface area (Å²) in [4.78, 5) is 16.3. The number of nitrogens with zero attached hydrogens (tertiary/aromatic N) is 6. The van der Waals surface area contributed by atoms with Gasteiger partial charge < -0.3 is 5.10 Å². The van der Waals surface area contributed by atoms with Crippen molar-refractivity contribution in [2.24, 2.45) is 0 Å². The van der Waals surface area contributed by atoms with Gasteiger partial charge in [0.25, 0.3) is 5.56 Å². The summed E-state index contributed by atoms with van der Waals surface area (Å²) in [6, 6.07) is 0.468. The number of fused-ring (bicyclic) bond motifs is 1. The third-order valence-corrected chi connectivity index (χ3v) is 2.08. The number of hydrogen-bond donors (Lipinski definition) is 0. The minimum atomic E-state index is -2.73. The van der Waals surface area contributed by atoms with Gasteiger partial charge in [0.2, 0.25) is 0 Å². The Kier molecular flexibility index (Phi) is 2.27. The molecule has 0 spiro atoms. The van der Waals surface area contributed by atoms with Crippen molar-refractivity contribution >= 4 is 5.65 Å². The van der Waals surface area contributed by atoms with Crippen LogP contribution < -0.4 is 62.0 Å². The van der Waals surface area contributed by atoms with E-state index in [-0.39, 0.29) is 62.8 Å². The summed E-state index contributed by atoms with van der Waals surface area (Å²) in [5.74, 6) is -0.244. The molecule has 0 N–H and O–H groups in total. The largest absolute Gasteiger partial charge is 1.00 e. The van der Waals surface area contributed by atoms with Crippen molar-refractivity contribution < 1.29 is 59.6 Å². The summed E-state index contributed by atoms with van der Waals surface area (Å²) < 4.78 is 46.6. The number of aryl methyl sites for hydroxylation is 1. The van der Waals surface area contributed by atoms with Crippen molar-refractivity contribution in [1.29, 1.82) is 0 Å². The third-order valence-electron chi connectivity index (χ3n) is 2.08. The molecule has 0 unspecified atom stereocenters. The van der Waals surface area contributed by atoms with Gasteiger partial charge in [0.1, 0.15) is 5.65 Å². The molecule has 0 bridgehead atoms. The van der Waals surface area contributed by atoms with E-state index in [4.69, 9.17) is 8.22 Å². The molecule has 0 aliphatic heterocycles. The summed E-state index contributed by atoms with van der Waals surface area (Å²) in [5, 5.41) is 13.4. The van der Waals surface area contributed by atoms with Gasteiger partial charge in [-0.2, -0.15) is 5.21 Å². The number of aromatic nitrogens is 6. The zero-order chi connectivity index (χ0) is 16.9. The Morgan fingerprint density at radius 1 is 1.56 bits per heavy atom. The van der Waals surface area contributed by atoms with E-state index in [0.29, 0.717) is 4.40 Å². The van der Waals surface area contributed by atoms with Crippen molar-refractivity contribution in [3.05, 3.63) is 40.4 Å². The van der Waals surface area contributed by atoms with Crippen LogP contribution in [0.4, 0.5) is 0 Å². The molecule has 0 fully saturated rings. The SMILES string of the molecule is [2H]c1cc([2H])n2c(=O)c(-c3nnn[n-]3)c([2H])nc2c1C([2H])([2H])[2H].[K+]. The minimum absolute atomic E-state index is 0. The first-order chi connectivity index (χ1) is 10.7. The Labute approximate surface area is 152 Å². The molecule has 7 nitrogen and oxygen atoms in total. The molecule has 0 aliphatic carbocycles. The Balaban J connectivity index is 0.00000208. The van der Waals surface area contributed by atoms with Gasteiger partial charge in [-0.05, 0) is 18.5 Å². The van der Waals surface area contributed by atoms with Gasteiger partial charge in [-0.15, -0.1) is 0 Å². The van der Waals surface area contributed by atoms with E-state index in [1.807, 2.05) is 0 Å². The summed E-state index contributed by atoms with van der Waals surface area (Å²) in [5.41, 5.74) is -2.19. The molecule has 0 saturated heterocycles. The second kappa shape index (κ2) is 5.37. The average Bonchev–Trinajstić information content (AvgIpc) is 2.89. The van der Waals surface area contributed by atoms with Crippen LogP contribution in [0.3, 0.4) is 0 Å². The summed E-state index contributed by atoms with van der Waals surface area (Å²) in [6.45, 7) is -2.73. The number of tetrazole rings is 1. The molecule has 0 saturated carbocycles. The second-order valence-corrected chi connectivity index (χ2v) is 3.06. The Morgan fingerprint density at radius 2 is 2.44 bits per heavy atom. The Bertz CT molecular complexity index is 969. The van der Waals surface area contributed by atoms with E-state index in [1.54, 1.807) is 0 Å². The third kappa shape index (κ3) is 2.17. The molecule has 0 amide bonds. The zero-order valence-electron chi connectivity index (χ0n) is 15.2. The van der Waals surface area contributed by atoms with Crippen LogP contribution in [0, 0.1) is 6.85 Å². The molecular formula is C10H7KN6O. The fourth-order valence-corrected chi connectivity index (χ4v) is 1.33. The van der Waals surface area contributed by atoms with Crippen LogP contribution in [0.5, 0.6) is 0 Å². The first-order valence-corrected chi connectivity index (χ1v) is 4.45. The van der Waals surface area contributed by atoms with Gasteiger partial charge >= 0.3 is 51.4 Å². The average molecular weight is 272 g/mol. The summed E-state index contributed by atoms with van der Waals surface area (Å²) in [6.07, 6.45) is -1.02. The molecule has 3 aromatic heterocycles. The van der Waals surface area contributed by atoms with Gasteiger partial charge in [-0.25, -0.2) is 4.98 Å². The van der Waals surface area contributed by atoms with E-state index in [2.05, 4.69) is 25.6 Å². The number of pyridine rings is 1. The predicted octanol–water partition coefficient (Wildman–Crippen LogP) is -3.18. The molecule has 0 atom stereocenters. The van der Waals surface area contributed by atoms with Crippen LogP contribution in [-0.4, -0.2) is 24.9 Å². The van der Waals surface area contributed by atoms with E-state index in [0.717, 1.165) is 6.07 Å². The quantitative estimate of drug-likeness (QED) is 0.434. The molecule has 8 heteroatoms. The van der Waals surface area contributed by atoms with Gasteiger partial charge in [-0.3, -0.25) is 19.5 Å². The van der Waals surface area contributed by atoms with Crippen LogP contribution in [0.15, 0.2) is 29.2 Å². The van der Waals surface area contributed by atoms with Crippen LogP contribution in [-0.2, 0) is 0 Å². The van der Waals surface area contributed by atoms with Gasteiger partial charge in [0, 0.05) is 22.3 Å². The van der Waals surface area contributed by atoms with E-state index in [9.17, 15) is 4.79 Å². The first kappa shape index (κ1) is 7.61. The summed E-state index contributed by atoms with van der Waals surface area (Å²) in [7, 11) is 0. The van der Waals surface area contributed by atoms with Gasteiger partial charge in [-0.1, -0.05) is 6.04 Å². The monoisotopic (exact) mass is 272 g/mol. The minimum Gasteiger partial charge on any atom is -0.330 e. The fourth-order valence-electron chi connectivity index (χ4n) is 1.33. The van der Waals surface area contributed by atoms with E-state index in [1.165, 1.54) is 0 Å². The van der Waals surface area contributed by atoms with Crippen LogP contribution in [0.1, 0.15) is 13.8 Å². The smallest absolute Gasteiger partial charge is 0.330 e. The molecule has 3 aromatic rings. The normalized spacial score (nSPS) is 15.8. The molecule has 3 rings (SSSR count). The second-order valence-electron chi connectivity index (χ2n) is 3.06. The van der Waals surface area contributed by atoms with Crippen LogP contribution >= 0.6 is 0 Å². The summed E-state index contributed by atoms with van der Waals surface area (Å²) >= 11 is 0. The Morgan fingerprint density at radius 3 is 3.17 bits per heavy atom. The van der Waals surface area contributed by atoms with Gasteiger partial charge in [0.15, 0.2) is 0 Å². The van der Waals surface area contributed by atoms with E-state index < -0.39 is 42.0 Å². The van der Waals surface area contributed by atoms with Crippen molar-refractivity contribution in [2.45, 2.75) is 6.85 Å². The molecule has 0 aromatic carbocycles. The van der Waals surface area contributed by atoms with Crippen molar-refractivity contribution in [1.82, 2.24) is 30.0 Å². The maximum absolute atomic E-state index is 12.6. The molecule has 18 heavy (non-hydrogen) atoms. The van der Waals surface area contributed by atoms with E-state index >= 15 is 0 Å². The molecule has 0 aliphatic rings. The predicted molar refractivity (Wildman–Crippen MR) is 58.3 cm³/mol. The fraction of sp³-hybridized carbons (Fsp3) is 0.100. The van der Waals surface area contributed by atoms with Crippen molar-refractivity contribution in [3.63, 3.8) is 0 Å². The maximum atomic E-state index is 12.6. The maximum Gasteiger partial charge on any atom is 1.00 e. The first-order valence-electron chi connectivity index (χ1n) is 7.45. The molecule has 84 valence electrons.